The number of halogens is 2. The monoisotopic (exact) mass is 632 g/mol. The molecule has 12 heteroatoms. The number of esters is 1. The number of aryl methyl sites for hydroxylation is 1. The van der Waals surface area contributed by atoms with Crippen LogP contribution in [-0.2, 0) is 20.7 Å². The van der Waals surface area contributed by atoms with Gasteiger partial charge in [0, 0.05) is 29.8 Å². The summed E-state index contributed by atoms with van der Waals surface area (Å²) < 4.78 is 21.0. The quantitative estimate of drug-likeness (QED) is 0.234. The number of benzene rings is 2. The molecular formula is C33H34ClFN6O4. The van der Waals surface area contributed by atoms with Gasteiger partial charge in [-0.05, 0) is 74.6 Å². The number of aromatic nitrogens is 4. The van der Waals surface area contributed by atoms with E-state index in [1.54, 1.807) is 26.1 Å². The third kappa shape index (κ3) is 7.20. The zero-order chi connectivity index (χ0) is 32.1. The first-order valence-electron chi connectivity index (χ1n) is 14.9. The Hall–Kier alpha value is -4.64. The van der Waals surface area contributed by atoms with E-state index in [1.165, 1.54) is 16.8 Å². The van der Waals surface area contributed by atoms with Crippen LogP contribution in [-0.4, -0.2) is 44.4 Å². The highest BCUT2D eigenvalue weighted by Crippen LogP contribution is 2.33. The fraction of sp³-hybridized carbons (Fsp3) is 0.333. The topological polar surface area (TPSA) is 128 Å². The highest BCUT2D eigenvalue weighted by Gasteiger charge is 2.25. The van der Waals surface area contributed by atoms with Crippen LogP contribution >= 0.6 is 11.6 Å². The molecule has 1 aliphatic heterocycles. The Morgan fingerprint density at radius 2 is 2.00 bits per heavy atom. The van der Waals surface area contributed by atoms with Crippen LogP contribution < -0.4 is 10.6 Å². The number of fused-ring (bicyclic) bond motifs is 4. The van der Waals surface area contributed by atoms with Crippen molar-refractivity contribution in [1.82, 2.24) is 25.3 Å². The van der Waals surface area contributed by atoms with Crippen LogP contribution in [0.15, 0.2) is 54.7 Å². The molecule has 2 aromatic heterocycles. The average molecular weight is 633 g/mol. The second kappa shape index (κ2) is 14.0. The van der Waals surface area contributed by atoms with Crippen molar-refractivity contribution in [3.05, 3.63) is 88.2 Å². The summed E-state index contributed by atoms with van der Waals surface area (Å²) in [5.41, 5.74) is 4.23. The number of pyridine rings is 1. The molecule has 10 nitrogen and oxygen atoms in total. The zero-order valence-corrected chi connectivity index (χ0v) is 26.0. The van der Waals surface area contributed by atoms with Gasteiger partial charge in [0.2, 0.25) is 5.91 Å². The SMILES string of the molecule is CCOC(=O)CCc1ccc2c(c1)NC(=O)[C@H](C)CCC[C@H](NC(=O)c1nnn(-c3cccc(Cl)c3F)c1C)c1cc-2ccn1. The Labute approximate surface area is 265 Å². The van der Waals surface area contributed by atoms with Gasteiger partial charge in [-0.3, -0.25) is 19.4 Å². The molecule has 2 amide bonds. The minimum atomic E-state index is -0.663. The van der Waals surface area contributed by atoms with Gasteiger partial charge in [-0.15, -0.1) is 5.10 Å². The maximum absolute atomic E-state index is 14.7. The van der Waals surface area contributed by atoms with Crippen LogP contribution in [0.4, 0.5) is 10.1 Å². The predicted molar refractivity (Wildman–Crippen MR) is 168 cm³/mol. The molecule has 234 valence electrons. The lowest BCUT2D eigenvalue weighted by Crippen LogP contribution is -2.30. The molecule has 0 unspecified atom stereocenters. The Morgan fingerprint density at radius 3 is 2.80 bits per heavy atom. The number of ether oxygens (including phenoxy) is 1. The molecule has 4 aromatic rings. The van der Waals surface area contributed by atoms with Crippen molar-refractivity contribution in [3.63, 3.8) is 0 Å². The number of nitrogens with one attached hydrogen (secondary N) is 2. The third-order valence-corrected chi connectivity index (χ3v) is 8.16. The lowest BCUT2D eigenvalue weighted by Gasteiger charge is -2.22. The third-order valence-electron chi connectivity index (χ3n) is 7.87. The van der Waals surface area contributed by atoms with Crippen molar-refractivity contribution in [2.24, 2.45) is 5.92 Å². The first-order valence-corrected chi connectivity index (χ1v) is 15.3. The number of carbonyl (C=O) groups is 3. The van der Waals surface area contributed by atoms with E-state index in [9.17, 15) is 18.8 Å². The average Bonchev–Trinajstić information content (AvgIpc) is 3.41. The van der Waals surface area contributed by atoms with Crippen LogP contribution in [0.3, 0.4) is 0 Å². The van der Waals surface area contributed by atoms with Crippen LogP contribution in [0.2, 0.25) is 5.02 Å². The van der Waals surface area contributed by atoms with E-state index in [0.29, 0.717) is 49.4 Å². The zero-order valence-electron chi connectivity index (χ0n) is 25.3. The molecule has 0 saturated heterocycles. The fourth-order valence-corrected chi connectivity index (χ4v) is 5.52. The Bertz CT molecular complexity index is 1740. The van der Waals surface area contributed by atoms with Crippen molar-refractivity contribution in [3.8, 4) is 16.8 Å². The van der Waals surface area contributed by atoms with Crippen LogP contribution in [0, 0.1) is 18.7 Å². The largest absolute Gasteiger partial charge is 0.466 e. The molecule has 2 bridgehead atoms. The molecule has 0 fully saturated rings. The molecule has 0 saturated carbocycles. The minimum Gasteiger partial charge on any atom is -0.466 e. The van der Waals surface area contributed by atoms with Gasteiger partial charge in [-0.2, -0.15) is 0 Å². The van der Waals surface area contributed by atoms with Crippen molar-refractivity contribution in [2.45, 2.75) is 58.9 Å². The first-order chi connectivity index (χ1) is 21.7. The molecule has 0 spiro atoms. The lowest BCUT2D eigenvalue weighted by molar-refractivity contribution is -0.143. The van der Waals surface area contributed by atoms with E-state index in [4.69, 9.17) is 16.3 Å². The Balaban J connectivity index is 1.45. The summed E-state index contributed by atoms with van der Waals surface area (Å²) in [6.45, 7) is 5.60. The summed E-state index contributed by atoms with van der Waals surface area (Å²) >= 11 is 5.95. The Kier molecular flexibility index (Phi) is 9.87. The highest BCUT2D eigenvalue weighted by molar-refractivity contribution is 6.30. The molecule has 3 heterocycles. The molecule has 2 aromatic carbocycles. The molecule has 0 radical (unpaired) electrons. The number of rotatable bonds is 7. The van der Waals surface area contributed by atoms with E-state index < -0.39 is 17.8 Å². The van der Waals surface area contributed by atoms with Gasteiger partial charge < -0.3 is 15.4 Å². The van der Waals surface area contributed by atoms with Gasteiger partial charge in [0.1, 0.15) is 5.69 Å². The van der Waals surface area contributed by atoms with Gasteiger partial charge >= 0.3 is 5.97 Å². The van der Waals surface area contributed by atoms with Gasteiger partial charge in [0.15, 0.2) is 11.5 Å². The lowest BCUT2D eigenvalue weighted by atomic mass is 9.94. The number of hydrogen-bond donors (Lipinski definition) is 2. The molecule has 1 aliphatic rings. The highest BCUT2D eigenvalue weighted by atomic mass is 35.5. The fourth-order valence-electron chi connectivity index (χ4n) is 5.35. The maximum Gasteiger partial charge on any atom is 0.306 e. The van der Waals surface area contributed by atoms with E-state index in [0.717, 1.165) is 16.7 Å². The number of carbonyl (C=O) groups excluding carboxylic acids is 3. The van der Waals surface area contributed by atoms with Gasteiger partial charge in [-0.1, -0.05) is 48.4 Å². The number of amides is 2. The van der Waals surface area contributed by atoms with Crippen molar-refractivity contribution < 1.29 is 23.5 Å². The van der Waals surface area contributed by atoms with Crippen molar-refractivity contribution >= 4 is 35.1 Å². The normalized spacial score (nSPS) is 16.5. The molecular weight excluding hydrogens is 599 g/mol. The number of anilines is 1. The second-order valence-corrected chi connectivity index (χ2v) is 11.4. The van der Waals surface area contributed by atoms with Crippen molar-refractivity contribution in [2.75, 3.05) is 11.9 Å². The van der Waals surface area contributed by atoms with Gasteiger partial charge in [-0.25, -0.2) is 9.07 Å². The summed E-state index contributed by atoms with van der Waals surface area (Å²) in [5.74, 6) is -1.83. The number of nitrogens with zero attached hydrogens (tertiary/aromatic N) is 4. The summed E-state index contributed by atoms with van der Waals surface area (Å²) in [6, 6.07) is 13.5. The van der Waals surface area contributed by atoms with Gasteiger partial charge in [0.05, 0.1) is 29.1 Å². The Morgan fingerprint density at radius 1 is 1.18 bits per heavy atom. The molecule has 0 aliphatic carbocycles. The smallest absolute Gasteiger partial charge is 0.306 e. The van der Waals surface area contributed by atoms with Crippen molar-refractivity contribution in [1.29, 1.82) is 0 Å². The van der Waals surface area contributed by atoms with Crippen LogP contribution in [0.25, 0.3) is 16.8 Å². The van der Waals surface area contributed by atoms with E-state index in [1.807, 2.05) is 37.3 Å². The molecule has 2 atom stereocenters. The van der Waals surface area contributed by atoms with Gasteiger partial charge in [0.25, 0.3) is 5.91 Å². The van der Waals surface area contributed by atoms with E-state index >= 15 is 0 Å². The maximum atomic E-state index is 14.7. The summed E-state index contributed by atoms with van der Waals surface area (Å²) in [4.78, 5) is 43.3. The van der Waals surface area contributed by atoms with E-state index in [-0.39, 0.29) is 40.6 Å². The standard InChI is InChI=1S/C33H34ClFN6O4/c1-4-45-29(42)14-12-21-11-13-23-22-15-16-36-27(18-22)25(9-5-7-19(2)32(43)38-26(23)17-21)37-33(44)31-20(3)41(40-39-31)28-10-6-8-24(34)30(28)35/h6,8,10-11,13,15-19,25H,4-5,7,9,12,14H2,1-3H3,(H,37,44)(H,38,43)/t19-,25+/m1/s1. The summed E-state index contributed by atoms with van der Waals surface area (Å²) in [6.07, 6.45) is 4.12. The summed E-state index contributed by atoms with van der Waals surface area (Å²) in [5, 5.41) is 14.1. The predicted octanol–water partition coefficient (Wildman–Crippen LogP) is 6.16. The summed E-state index contributed by atoms with van der Waals surface area (Å²) in [7, 11) is 0. The first kappa shape index (κ1) is 31.8. The molecule has 5 rings (SSSR count). The second-order valence-electron chi connectivity index (χ2n) is 11.0. The van der Waals surface area contributed by atoms with E-state index in [2.05, 4.69) is 25.9 Å². The van der Waals surface area contributed by atoms with Crippen LogP contribution in [0.5, 0.6) is 0 Å². The number of hydrogen-bond acceptors (Lipinski definition) is 7. The molecule has 2 N–H and O–H groups in total. The van der Waals surface area contributed by atoms with Crippen LogP contribution in [0.1, 0.15) is 73.0 Å². The molecule has 45 heavy (non-hydrogen) atoms. The minimum absolute atomic E-state index is 0.0464.